The number of rotatable bonds is 2. The zero-order valence-corrected chi connectivity index (χ0v) is 15.4. The number of phenols is 1. The molecular weight excluding hydrogens is 344 g/mol. The summed E-state index contributed by atoms with van der Waals surface area (Å²) in [5, 5.41) is 9.95. The van der Waals surface area contributed by atoms with Crippen molar-refractivity contribution in [3.8, 4) is 39.4 Å². The summed E-state index contributed by atoms with van der Waals surface area (Å²) in [6, 6.07) is 25.9. The molecule has 1 aromatic heterocycles. The van der Waals surface area contributed by atoms with Gasteiger partial charge in [-0.25, -0.2) is 4.98 Å². The summed E-state index contributed by atoms with van der Waals surface area (Å²) in [6.07, 6.45) is 1.89. The maximum Gasteiger partial charge on any atom is 0.116 e. The minimum Gasteiger partial charge on any atom is -0.508 e. The number of aryl methyl sites for hydroxylation is 1. The standard InChI is InChI=1S/C25H20N2O/c26-19-10-12-21-17(13-19)9-11-22-23(16-5-2-1-3-6-16)15-24(27-25(21)22)18-7-4-8-20(28)14-18/h1-8,10,12-15,28H,9,11,26H2. The first kappa shape index (κ1) is 16.6. The quantitative estimate of drug-likeness (QED) is 0.464. The van der Waals surface area contributed by atoms with E-state index in [1.807, 2.05) is 24.3 Å². The van der Waals surface area contributed by atoms with E-state index in [0.717, 1.165) is 41.0 Å². The first-order chi connectivity index (χ1) is 13.7. The van der Waals surface area contributed by atoms with Crippen LogP contribution >= 0.6 is 0 Å². The van der Waals surface area contributed by atoms with E-state index in [1.54, 1.807) is 12.1 Å². The molecule has 0 amide bonds. The smallest absolute Gasteiger partial charge is 0.116 e. The average Bonchev–Trinajstić information content (AvgIpc) is 2.73. The van der Waals surface area contributed by atoms with Crippen LogP contribution in [-0.4, -0.2) is 10.1 Å². The van der Waals surface area contributed by atoms with E-state index in [-0.39, 0.29) is 5.75 Å². The number of benzene rings is 3. The van der Waals surface area contributed by atoms with Crippen LogP contribution in [0, 0.1) is 0 Å². The van der Waals surface area contributed by atoms with Crippen molar-refractivity contribution in [2.75, 3.05) is 5.73 Å². The van der Waals surface area contributed by atoms with E-state index in [1.165, 1.54) is 22.3 Å². The second-order valence-electron chi connectivity index (χ2n) is 7.22. The monoisotopic (exact) mass is 364 g/mol. The maximum absolute atomic E-state index is 9.95. The Bertz CT molecular complexity index is 1180. The third kappa shape index (κ3) is 2.81. The largest absolute Gasteiger partial charge is 0.508 e. The van der Waals surface area contributed by atoms with Crippen LogP contribution in [0.25, 0.3) is 33.6 Å². The number of nitrogen functional groups attached to an aromatic ring is 1. The van der Waals surface area contributed by atoms with Gasteiger partial charge in [0.15, 0.2) is 0 Å². The molecule has 0 saturated carbocycles. The van der Waals surface area contributed by atoms with Crippen LogP contribution in [0.5, 0.6) is 5.75 Å². The third-order valence-corrected chi connectivity index (χ3v) is 5.38. The molecule has 0 radical (unpaired) electrons. The highest BCUT2D eigenvalue weighted by Gasteiger charge is 2.22. The number of pyridine rings is 1. The van der Waals surface area contributed by atoms with Crippen molar-refractivity contribution in [2.45, 2.75) is 12.8 Å². The Kier molecular flexibility index (Phi) is 3.87. The molecule has 3 heteroatoms. The Morgan fingerprint density at radius 3 is 2.39 bits per heavy atom. The zero-order chi connectivity index (χ0) is 19.1. The normalized spacial score (nSPS) is 12.3. The summed E-state index contributed by atoms with van der Waals surface area (Å²) >= 11 is 0. The van der Waals surface area contributed by atoms with E-state index in [4.69, 9.17) is 10.7 Å². The van der Waals surface area contributed by atoms with Gasteiger partial charge < -0.3 is 10.8 Å². The van der Waals surface area contributed by atoms with Crippen LogP contribution < -0.4 is 5.73 Å². The lowest BCUT2D eigenvalue weighted by Crippen LogP contribution is -2.09. The Balaban J connectivity index is 1.80. The molecule has 0 fully saturated rings. The molecule has 3 N–H and O–H groups in total. The summed E-state index contributed by atoms with van der Waals surface area (Å²) in [7, 11) is 0. The molecule has 4 aromatic rings. The van der Waals surface area contributed by atoms with Crippen molar-refractivity contribution in [1.29, 1.82) is 0 Å². The summed E-state index contributed by atoms with van der Waals surface area (Å²) in [4.78, 5) is 5.03. The van der Waals surface area contributed by atoms with Crippen molar-refractivity contribution in [3.63, 3.8) is 0 Å². The molecule has 3 aromatic carbocycles. The van der Waals surface area contributed by atoms with Crippen molar-refractivity contribution < 1.29 is 5.11 Å². The average molecular weight is 364 g/mol. The summed E-state index contributed by atoms with van der Waals surface area (Å²) in [5.74, 6) is 0.242. The summed E-state index contributed by atoms with van der Waals surface area (Å²) < 4.78 is 0. The van der Waals surface area contributed by atoms with Gasteiger partial charge in [0, 0.05) is 16.8 Å². The fourth-order valence-corrected chi connectivity index (χ4v) is 4.05. The number of aromatic hydroxyl groups is 1. The minimum atomic E-state index is 0.242. The van der Waals surface area contributed by atoms with Gasteiger partial charge in [0.25, 0.3) is 0 Å². The molecule has 0 aliphatic heterocycles. The second kappa shape index (κ2) is 6.54. The highest BCUT2D eigenvalue weighted by Crippen LogP contribution is 2.40. The van der Waals surface area contributed by atoms with Gasteiger partial charge in [-0.2, -0.15) is 0 Å². The summed E-state index contributed by atoms with van der Waals surface area (Å²) in [6.45, 7) is 0. The molecule has 1 heterocycles. The molecule has 1 aliphatic carbocycles. The van der Waals surface area contributed by atoms with Gasteiger partial charge >= 0.3 is 0 Å². The van der Waals surface area contributed by atoms with E-state index in [0.29, 0.717) is 0 Å². The number of phenolic OH excluding ortho intramolecular Hbond substituents is 1. The number of anilines is 1. The molecule has 5 rings (SSSR count). The van der Waals surface area contributed by atoms with E-state index in [9.17, 15) is 5.11 Å². The van der Waals surface area contributed by atoms with Crippen molar-refractivity contribution in [1.82, 2.24) is 4.98 Å². The summed E-state index contributed by atoms with van der Waals surface area (Å²) in [5.41, 5.74) is 15.6. The van der Waals surface area contributed by atoms with E-state index < -0.39 is 0 Å². The highest BCUT2D eigenvalue weighted by molar-refractivity contribution is 5.83. The fourth-order valence-electron chi connectivity index (χ4n) is 4.05. The van der Waals surface area contributed by atoms with Crippen LogP contribution in [0.3, 0.4) is 0 Å². The number of hydrogen-bond donors (Lipinski definition) is 2. The van der Waals surface area contributed by atoms with Gasteiger partial charge in [-0.1, -0.05) is 48.5 Å². The van der Waals surface area contributed by atoms with Crippen molar-refractivity contribution in [2.24, 2.45) is 0 Å². The molecule has 0 bridgehead atoms. The van der Waals surface area contributed by atoms with E-state index in [2.05, 4.69) is 42.5 Å². The second-order valence-corrected chi connectivity index (χ2v) is 7.22. The van der Waals surface area contributed by atoms with Crippen LogP contribution in [0.4, 0.5) is 5.69 Å². The van der Waals surface area contributed by atoms with Crippen LogP contribution in [0.15, 0.2) is 78.9 Å². The lowest BCUT2D eigenvalue weighted by atomic mass is 9.84. The third-order valence-electron chi connectivity index (χ3n) is 5.38. The topological polar surface area (TPSA) is 59.1 Å². The van der Waals surface area contributed by atoms with Gasteiger partial charge in [-0.3, -0.25) is 0 Å². The first-order valence-corrected chi connectivity index (χ1v) is 9.46. The van der Waals surface area contributed by atoms with Gasteiger partial charge in [0.05, 0.1) is 11.4 Å². The fraction of sp³-hybridized carbons (Fsp3) is 0.0800. The Morgan fingerprint density at radius 2 is 1.57 bits per heavy atom. The number of aromatic nitrogens is 1. The number of fused-ring (bicyclic) bond motifs is 3. The molecule has 0 atom stereocenters. The Hall–Kier alpha value is -3.59. The minimum absolute atomic E-state index is 0.242. The molecular formula is C25H20N2O. The number of nitrogens with two attached hydrogens (primary N) is 1. The number of hydrogen-bond acceptors (Lipinski definition) is 3. The highest BCUT2D eigenvalue weighted by atomic mass is 16.3. The van der Waals surface area contributed by atoms with Crippen LogP contribution in [-0.2, 0) is 12.8 Å². The van der Waals surface area contributed by atoms with E-state index >= 15 is 0 Å². The van der Waals surface area contributed by atoms with Crippen LogP contribution in [0.2, 0.25) is 0 Å². The molecule has 0 saturated heterocycles. The van der Waals surface area contributed by atoms with Crippen molar-refractivity contribution in [3.05, 3.63) is 90.0 Å². The van der Waals surface area contributed by atoms with Gasteiger partial charge in [-0.15, -0.1) is 0 Å². The SMILES string of the molecule is Nc1ccc2c(c1)CCc1c(-c3ccccc3)cc(-c3cccc(O)c3)nc1-2. The lowest BCUT2D eigenvalue weighted by molar-refractivity contribution is 0.475. The zero-order valence-electron chi connectivity index (χ0n) is 15.4. The number of nitrogens with zero attached hydrogens (tertiary/aromatic N) is 1. The predicted octanol–water partition coefficient (Wildman–Crippen LogP) is 5.47. The van der Waals surface area contributed by atoms with Gasteiger partial charge in [0.2, 0.25) is 0 Å². The molecule has 0 spiro atoms. The first-order valence-electron chi connectivity index (χ1n) is 9.46. The van der Waals surface area contributed by atoms with Gasteiger partial charge in [0.1, 0.15) is 5.75 Å². The molecule has 3 nitrogen and oxygen atoms in total. The Morgan fingerprint density at radius 1 is 0.750 bits per heavy atom. The maximum atomic E-state index is 9.95. The molecule has 0 unspecified atom stereocenters. The van der Waals surface area contributed by atoms with Gasteiger partial charge in [-0.05, 0) is 65.4 Å². The predicted molar refractivity (Wildman–Crippen MR) is 114 cm³/mol. The molecule has 28 heavy (non-hydrogen) atoms. The lowest BCUT2D eigenvalue weighted by Gasteiger charge is -2.23. The molecule has 136 valence electrons. The molecule has 1 aliphatic rings. The van der Waals surface area contributed by atoms with Crippen molar-refractivity contribution >= 4 is 5.69 Å². The van der Waals surface area contributed by atoms with Crippen LogP contribution in [0.1, 0.15) is 11.1 Å². The Labute approximate surface area is 164 Å².